The Bertz CT molecular complexity index is 784. The Morgan fingerprint density at radius 3 is 2.52 bits per heavy atom. The van der Waals surface area contributed by atoms with E-state index in [1.54, 1.807) is 12.1 Å². The maximum atomic E-state index is 13.4. The molecule has 0 amide bonds. The normalized spacial score (nSPS) is 16.2. The Kier molecular flexibility index (Phi) is 8.95. The van der Waals surface area contributed by atoms with Crippen molar-refractivity contribution in [2.45, 2.75) is 31.7 Å². The number of hydrogen-bond donors (Lipinski definition) is 1. The number of guanidine groups is 1. The molecule has 1 saturated heterocycles. The summed E-state index contributed by atoms with van der Waals surface area (Å²) in [6.45, 7) is 5.74. The smallest absolute Gasteiger partial charge is 0.194 e. The third-order valence-electron chi connectivity index (χ3n) is 5.58. The fourth-order valence-electron chi connectivity index (χ4n) is 3.78. The number of aliphatic imine (C=N–C) groups is 1. The Morgan fingerprint density at radius 1 is 1.24 bits per heavy atom. The zero-order valence-electron chi connectivity index (χ0n) is 17.5. The average molecular weight is 514 g/mol. The third kappa shape index (κ3) is 5.94. The monoisotopic (exact) mass is 514 g/mol. The molecule has 7 heteroatoms. The van der Waals surface area contributed by atoms with Gasteiger partial charge in [0.05, 0.1) is 13.1 Å². The quantitative estimate of drug-likeness (QED) is 0.361. The van der Waals surface area contributed by atoms with E-state index in [9.17, 15) is 4.39 Å². The van der Waals surface area contributed by atoms with Gasteiger partial charge >= 0.3 is 0 Å². The van der Waals surface area contributed by atoms with Gasteiger partial charge in [-0.2, -0.15) is 0 Å². The molecular formula is C22H32FIN4O. The van der Waals surface area contributed by atoms with Crippen molar-refractivity contribution in [1.29, 1.82) is 0 Å². The summed E-state index contributed by atoms with van der Waals surface area (Å²) in [6, 6.07) is 11.1. The van der Waals surface area contributed by atoms with Crippen molar-refractivity contribution in [3.8, 4) is 0 Å². The maximum absolute atomic E-state index is 13.4. The number of rotatable bonds is 6. The number of nitrogens with zero attached hydrogens (tertiary/aromatic N) is 3. The minimum absolute atomic E-state index is 0. The van der Waals surface area contributed by atoms with Crippen molar-refractivity contribution in [1.82, 2.24) is 14.8 Å². The van der Waals surface area contributed by atoms with E-state index in [1.165, 1.54) is 5.69 Å². The molecule has 160 valence electrons. The van der Waals surface area contributed by atoms with Gasteiger partial charge in [-0.1, -0.05) is 12.1 Å². The van der Waals surface area contributed by atoms with Crippen molar-refractivity contribution < 1.29 is 9.13 Å². The summed E-state index contributed by atoms with van der Waals surface area (Å²) in [7, 11) is 4.11. The predicted molar refractivity (Wildman–Crippen MR) is 126 cm³/mol. The lowest BCUT2D eigenvalue weighted by Gasteiger charge is -2.37. The van der Waals surface area contributed by atoms with Crippen molar-refractivity contribution >= 4 is 29.9 Å². The highest BCUT2D eigenvalue weighted by molar-refractivity contribution is 14.0. The Balaban J connectivity index is 0.00000300. The number of hydrogen-bond acceptors (Lipinski definition) is 2. The Labute approximate surface area is 190 Å². The first-order chi connectivity index (χ1) is 13.5. The average Bonchev–Trinajstić information content (AvgIpc) is 3.10. The van der Waals surface area contributed by atoms with Crippen molar-refractivity contribution in [2.75, 3.05) is 33.4 Å². The molecule has 2 aromatic rings. The zero-order valence-corrected chi connectivity index (χ0v) is 19.9. The van der Waals surface area contributed by atoms with Gasteiger partial charge in [0.25, 0.3) is 0 Å². The van der Waals surface area contributed by atoms with Crippen LogP contribution in [0.1, 0.15) is 31.0 Å². The largest absolute Gasteiger partial charge is 0.381 e. The van der Waals surface area contributed by atoms with Crippen LogP contribution in [0.5, 0.6) is 0 Å². The van der Waals surface area contributed by atoms with Gasteiger partial charge in [-0.25, -0.2) is 4.39 Å². The Hall–Kier alpha value is -1.61. The SMILES string of the molecule is CCNC(=NCC1(c2ccc(F)cc2)CCOCC1)N(C)Cc1cccn1C.I. The standard InChI is InChI=1S/C22H31FN4O.HI/c1-4-24-21(27(3)16-20-6-5-13-26(20)2)25-17-22(11-14-28-15-12-22)18-7-9-19(23)10-8-18;/h5-10,13H,4,11-12,14-17H2,1-3H3,(H,24,25);1H. The highest BCUT2D eigenvalue weighted by Crippen LogP contribution is 2.35. The molecule has 1 aromatic heterocycles. The lowest BCUT2D eigenvalue weighted by atomic mass is 9.74. The molecule has 1 aliphatic rings. The number of halogens is 2. The summed E-state index contributed by atoms with van der Waals surface area (Å²) < 4.78 is 21.2. The molecule has 1 fully saturated rings. The van der Waals surface area contributed by atoms with Crippen LogP contribution >= 0.6 is 24.0 Å². The fourth-order valence-corrected chi connectivity index (χ4v) is 3.78. The number of benzene rings is 1. The lowest BCUT2D eigenvalue weighted by Crippen LogP contribution is -2.42. The van der Waals surface area contributed by atoms with Crippen LogP contribution in [-0.4, -0.2) is 48.8 Å². The summed E-state index contributed by atoms with van der Waals surface area (Å²) >= 11 is 0. The van der Waals surface area contributed by atoms with E-state index >= 15 is 0 Å². The molecule has 5 nitrogen and oxygen atoms in total. The maximum Gasteiger partial charge on any atom is 0.194 e. The number of ether oxygens (including phenoxy) is 1. The van der Waals surface area contributed by atoms with Crippen LogP contribution in [0.15, 0.2) is 47.6 Å². The van der Waals surface area contributed by atoms with E-state index in [2.05, 4.69) is 54.1 Å². The molecule has 1 aromatic carbocycles. The van der Waals surface area contributed by atoms with Gasteiger partial charge in [-0.15, -0.1) is 24.0 Å². The van der Waals surface area contributed by atoms with Gasteiger partial charge in [-0.05, 0) is 49.6 Å². The van der Waals surface area contributed by atoms with E-state index in [0.29, 0.717) is 19.8 Å². The molecule has 0 saturated carbocycles. The second-order valence-corrected chi connectivity index (χ2v) is 7.54. The lowest BCUT2D eigenvalue weighted by molar-refractivity contribution is 0.0530. The zero-order chi connectivity index (χ0) is 20.0. The molecule has 1 aliphatic heterocycles. The van der Waals surface area contributed by atoms with Crippen LogP contribution in [0.25, 0.3) is 0 Å². The van der Waals surface area contributed by atoms with Crippen molar-refractivity contribution in [3.63, 3.8) is 0 Å². The molecule has 0 atom stereocenters. The number of aryl methyl sites for hydroxylation is 1. The van der Waals surface area contributed by atoms with Gasteiger partial charge in [0.15, 0.2) is 5.96 Å². The third-order valence-corrected chi connectivity index (χ3v) is 5.58. The minimum atomic E-state index is -0.204. The van der Waals surface area contributed by atoms with E-state index in [1.807, 2.05) is 12.1 Å². The van der Waals surface area contributed by atoms with Crippen molar-refractivity contribution in [3.05, 3.63) is 59.7 Å². The van der Waals surface area contributed by atoms with Crippen LogP contribution in [0.4, 0.5) is 4.39 Å². The van der Waals surface area contributed by atoms with Gasteiger partial charge in [0.2, 0.25) is 0 Å². The molecule has 0 unspecified atom stereocenters. The molecule has 3 rings (SSSR count). The van der Waals surface area contributed by atoms with Gasteiger partial charge in [0, 0.05) is 51.2 Å². The molecule has 0 aliphatic carbocycles. The van der Waals surface area contributed by atoms with Gasteiger partial charge in [0.1, 0.15) is 5.82 Å². The predicted octanol–water partition coefficient (Wildman–Crippen LogP) is 3.93. The van der Waals surface area contributed by atoms with Crippen LogP contribution in [0, 0.1) is 5.82 Å². The van der Waals surface area contributed by atoms with E-state index < -0.39 is 0 Å². The van der Waals surface area contributed by atoms with E-state index in [4.69, 9.17) is 9.73 Å². The van der Waals surface area contributed by atoms with Crippen LogP contribution in [0.3, 0.4) is 0 Å². The second kappa shape index (κ2) is 11.0. The Morgan fingerprint density at radius 2 is 1.93 bits per heavy atom. The molecule has 29 heavy (non-hydrogen) atoms. The van der Waals surface area contributed by atoms with E-state index in [-0.39, 0.29) is 35.2 Å². The summed E-state index contributed by atoms with van der Waals surface area (Å²) in [4.78, 5) is 7.14. The first-order valence-corrected chi connectivity index (χ1v) is 9.97. The topological polar surface area (TPSA) is 41.8 Å². The summed E-state index contributed by atoms with van der Waals surface area (Å²) in [5, 5.41) is 3.41. The first kappa shape index (κ1) is 23.7. The molecule has 1 N–H and O–H groups in total. The molecule has 0 radical (unpaired) electrons. The highest BCUT2D eigenvalue weighted by atomic mass is 127. The fraction of sp³-hybridized carbons (Fsp3) is 0.500. The minimum Gasteiger partial charge on any atom is -0.381 e. The second-order valence-electron chi connectivity index (χ2n) is 7.54. The summed E-state index contributed by atoms with van der Waals surface area (Å²) in [5.74, 6) is 0.682. The van der Waals surface area contributed by atoms with Crippen LogP contribution in [0.2, 0.25) is 0 Å². The highest BCUT2D eigenvalue weighted by Gasteiger charge is 2.34. The van der Waals surface area contributed by atoms with Crippen LogP contribution < -0.4 is 5.32 Å². The van der Waals surface area contributed by atoms with E-state index in [0.717, 1.165) is 37.5 Å². The van der Waals surface area contributed by atoms with Gasteiger partial charge < -0.3 is 19.5 Å². The van der Waals surface area contributed by atoms with Crippen molar-refractivity contribution in [2.24, 2.45) is 12.0 Å². The summed E-state index contributed by atoms with van der Waals surface area (Å²) in [5.41, 5.74) is 2.26. The molecule has 0 bridgehead atoms. The van der Waals surface area contributed by atoms with Gasteiger partial charge in [-0.3, -0.25) is 4.99 Å². The number of nitrogens with one attached hydrogen (secondary N) is 1. The summed E-state index contributed by atoms with van der Waals surface area (Å²) in [6.07, 6.45) is 3.84. The molecular weight excluding hydrogens is 482 g/mol. The first-order valence-electron chi connectivity index (χ1n) is 9.97. The van der Waals surface area contributed by atoms with Crippen LogP contribution in [-0.2, 0) is 23.7 Å². The number of aromatic nitrogens is 1. The molecule has 2 heterocycles. The molecule has 0 spiro atoms.